The second kappa shape index (κ2) is 5.68. The van der Waals surface area contributed by atoms with Gasteiger partial charge in [0.15, 0.2) is 11.8 Å². The molecule has 0 unspecified atom stereocenters. The molecule has 3 rings (SSSR count). The van der Waals surface area contributed by atoms with E-state index in [0.29, 0.717) is 11.4 Å². The van der Waals surface area contributed by atoms with Gasteiger partial charge in [-0.1, -0.05) is 6.07 Å². The van der Waals surface area contributed by atoms with E-state index in [1.165, 1.54) is 35.0 Å². The molecule has 0 aliphatic rings. The van der Waals surface area contributed by atoms with Crippen molar-refractivity contribution in [3.8, 4) is 17.4 Å². The van der Waals surface area contributed by atoms with Crippen LogP contribution in [0.25, 0.3) is 5.69 Å². The van der Waals surface area contributed by atoms with Crippen LogP contribution in [0.15, 0.2) is 54.7 Å². The zero-order valence-electron chi connectivity index (χ0n) is 11.7. The minimum absolute atomic E-state index is 0.107. The van der Waals surface area contributed by atoms with E-state index >= 15 is 0 Å². The first kappa shape index (κ1) is 14.4. The molecule has 0 amide bonds. The third-order valence-electron chi connectivity index (χ3n) is 3.19. The molecule has 0 aliphatic carbocycles. The Bertz CT molecular complexity index is 856. The number of hydrogen-bond donors (Lipinski definition) is 3. The number of nitrogens with zero attached hydrogens (tertiary/aromatic N) is 3. The second-order valence-electron chi connectivity index (χ2n) is 4.69. The smallest absolute Gasteiger partial charge is 0.311 e. The molecule has 0 fully saturated rings. The molecule has 116 valence electrons. The van der Waals surface area contributed by atoms with E-state index in [1.54, 1.807) is 24.3 Å². The van der Waals surface area contributed by atoms with Crippen molar-refractivity contribution in [1.29, 1.82) is 0 Å². The van der Waals surface area contributed by atoms with Gasteiger partial charge >= 0.3 is 5.69 Å². The largest absolute Gasteiger partial charge is 0.494 e. The molecule has 8 heteroatoms. The van der Waals surface area contributed by atoms with Gasteiger partial charge in [-0.05, 0) is 24.3 Å². The van der Waals surface area contributed by atoms with Crippen molar-refractivity contribution in [3.05, 3.63) is 64.8 Å². The fourth-order valence-corrected chi connectivity index (χ4v) is 2.18. The monoisotopic (exact) mass is 312 g/mol. The molecule has 0 saturated heterocycles. The summed E-state index contributed by atoms with van der Waals surface area (Å²) in [5.74, 6) is -0.137. The highest BCUT2D eigenvalue weighted by molar-refractivity contribution is 5.67. The van der Waals surface area contributed by atoms with Gasteiger partial charge in [-0.15, -0.1) is 0 Å². The summed E-state index contributed by atoms with van der Waals surface area (Å²) >= 11 is 0. The Morgan fingerprint density at radius 1 is 1.09 bits per heavy atom. The van der Waals surface area contributed by atoms with Crippen molar-refractivity contribution < 1.29 is 15.1 Å². The number of aromatic nitrogens is 2. The molecule has 1 aromatic carbocycles. The topological polar surface area (TPSA) is 113 Å². The van der Waals surface area contributed by atoms with E-state index in [0.717, 1.165) is 0 Å². The van der Waals surface area contributed by atoms with Gasteiger partial charge in [0.05, 0.1) is 10.6 Å². The number of nitro groups is 1. The van der Waals surface area contributed by atoms with Gasteiger partial charge in [0.2, 0.25) is 5.82 Å². The van der Waals surface area contributed by atoms with E-state index in [2.05, 4.69) is 10.3 Å². The Morgan fingerprint density at radius 2 is 1.83 bits per heavy atom. The summed E-state index contributed by atoms with van der Waals surface area (Å²) in [5, 5.41) is 33.4. The molecule has 8 nitrogen and oxygen atoms in total. The Labute approximate surface area is 130 Å². The van der Waals surface area contributed by atoms with Crippen LogP contribution >= 0.6 is 0 Å². The van der Waals surface area contributed by atoms with Crippen molar-refractivity contribution in [2.45, 2.75) is 0 Å². The van der Waals surface area contributed by atoms with Crippen molar-refractivity contribution in [3.63, 3.8) is 0 Å². The lowest BCUT2D eigenvalue weighted by Crippen LogP contribution is -2.00. The molecule has 23 heavy (non-hydrogen) atoms. The fraction of sp³-hybridized carbons (Fsp3) is 0. The Kier molecular flexibility index (Phi) is 3.55. The third kappa shape index (κ3) is 2.77. The maximum atomic E-state index is 11.0. The average molecular weight is 312 g/mol. The molecule has 0 spiro atoms. The molecular weight excluding hydrogens is 300 g/mol. The Morgan fingerprint density at radius 3 is 2.52 bits per heavy atom. The molecule has 2 heterocycles. The molecule has 0 bridgehead atoms. The minimum Gasteiger partial charge on any atom is -0.494 e. The van der Waals surface area contributed by atoms with E-state index in [-0.39, 0.29) is 23.3 Å². The first-order valence-corrected chi connectivity index (χ1v) is 6.63. The quantitative estimate of drug-likeness (QED) is 0.504. The number of aromatic hydroxyl groups is 2. The van der Waals surface area contributed by atoms with Crippen LogP contribution in [0.3, 0.4) is 0 Å². The van der Waals surface area contributed by atoms with E-state index in [1.807, 2.05) is 0 Å². The molecule has 3 N–H and O–H groups in total. The van der Waals surface area contributed by atoms with Crippen LogP contribution in [0.4, 0.5) is 17.2 Å². The number of rotatable bonds is 4. The summed E-state index contributed by atoms with van der Waals surface area (Å²) in [5.41, 5.74) is 0.870. The van der Waals surface area contributed by atoms with E-state index < -0.39 is 4.92 Å². The Balaban J connectivity index is 1.97. The number of anilines is 2. The predicted octanol–water partition coefficient (Wildman–Crippen LogP) is 2.94. The van der Waals surface area contributed by atoms with Crippen LogP contribution in [-0.4, -0.2) is 24.7 Å². The molecular formula is C15H12N4O4. The van der Waals surface area contributed by atoms with Crippen LogP contribution in [0.2, 0.25) is 0 Å². The maximum Gasteiger partial charge on any atom is 0.311 e. The van der Waals surface area contributed by atoms with Crippen molar-refractivity contribution >= 4 is 17.2 Å². The standard InChI is InChI=1S/C15H12N4O4/c20-13-6-7-14(21)18(13)11-4-1-3-10(9-11)17-15-12(19(22)23)5-2-8-16-15/h1-9,20-21H,(H,16,17). The number of pyridine rings is 1. The van der Waals surface area contributed by atoms with Gasteiger partial charge in [-0.2, -0.15) is 0 Å². The SMILES string of the molecule is O=[N+]([O-])c1cccnc1Nc1cccc(-n2c(O)ccc2O)c1. The van der Waals surface area contributed by atoms with Gasteiger partial charge in [0.1, 0.15) is 0 Å². The van der Waals surface area contributed by atoms with E-state index in [4.69, 9.17) is 0 Å². The van der Waals surface area contributed by atoms with Gasteiger partial charge in [-0.3, -0.25) is 14.7 Å². The van der Waals surface area contributed by atoms with E-state index in [9.17, 15) is 20.3 Å². The van der Waals surface area contributed by atoms with Crippen LogP contribution < -0.4 is 5.32 Å². The highest BCUT2D eigenvalue weighted by atomic mass is 16.6. The zero-order chi connectivity index (χ0) is 16.4. The normalized spacial score (nSPS) is 10.4. The third-order valence-corrected chi connectivity index (χ3v) is 3.19. The van der Waals surface area contributed by atoms with Crippen LogP contribution in [-0.2, 0) is 0 Å². The highest BCUT2D eigenvalue weighted by Gasteiger charge is 2.15. The van der Waals surface area contributed by atoms with Crippen molar-refractivity contribution in [2.75, 3.05) is 5.32 Å². The first-order valence-electron chi connectivity index (χ1n) is 6.63. The first-order chi connectivity index (χ1) is 11.1. The molecule has 0 aliphatic heterocycles. The minimum atomic E-state index is -0.525. The van der Waals surface area contributed by atoms with Crippen molar-refractivity contribution in [2.24, 2.45) is 0 Å². The number of hydrogen-bond acceptors (Lipinski definition) is 6. The fourth-order valence-electron chi connectivity index (χ4n) is 2.18. The Hall–Kier alpha value is -3.55. The maximum absolute atomic E-state index is 11.0. The van der Waals surface area contributed by atoms with Crippen LogP contribution in [0.5, 0.6) is 11.8 Å². The summed E-state index contributed by atoms with van der Waals surface area (Å²) in [4.78, 5) is 14.4. The summed E-state index contributed by atoms with van der Waals surface area (Å²) in [7, 11) is 0. The zero-order valence-corrected chi connectivity index (χ0v) is 11.7. The van der Waals surface area contributed by atoms with Crippen molar-refractivity contribution in [1.82, 2.24) is 9.55 Å². The molecule has 0 radical (unpaired) electrons. The van der Waals surface area contributed by atoms with Gasteiger partial charge < -0.3 is 15.5 Å². The molecule has 0 atom stereocenters. The summed E-state index contributed by atoms with van der Waals surface area (Å²) < 4.78 is 1.23. The predicted molar refractivity (Wildman–Crippen MR) is 83.3 cm³/mol. The molecule has 2 aromatic heterocycles. The highest BCUT2D eigenvalue weighted by Crippen LogP contribution is 2.30. The summed E-state index contributed by atoms with van der Waals surface area (Å²) in [6.07, 6.45) is 1.45. The molecule has 3 aromatic rings. The van der Waals surface area contributed by atoms with Crippen LogP contribution in [0.1, 0.15) is 0 Å². The van der Waals surface area contributed by atoms with Crippen LogP contribution in [0, 0.1) is 10.1 Å². The van der Waals surface area contributed by atoms with Gasteiger partial charge in [-0.25, -0.2) is 4.98 Å². The molecule has 0 saturated carbocycles. The lowest BCUT2D eigenvalue weighted by Gasteiger charge is -2.10. The lowest BCUT2D eigenvalue weighted by atomic mass is 10.2. The number of nitrogens with one attached hydrogen (secondary N) is 1. The second-order valence-corrected chi connectivity index (χ2v) is 4.69. The summed E-state index contributed by atoms with van der Waals surface area (Å²) in [6, 6.07) is 12.2. The van der Waals surface area contributed by atoms with Gasteiger partial charge in [0.25, 0.3) is 0 Å². The average Bonchev–Trinajstić information content (AvgIpc) is 2.87. The lowest BCUT2D eigenvalue weighted by molar-refractivity contribution is -0.384. The van der Waals surface area contributed by atoms with Gasteiger partial charge in [0, 0.05) is 30.1 Å². The summed E-state index contributed by atoms with van der Waals surface area (Å²) in [6.45, 7) is 0. The number of benzene rings is 1.